The molecular weight excluding hydrogens is 316 g/mol. The maximum absolute atomic E-state index is 9.99. The van der Waals surface area contributed by atoms with Crippen LogP contribution in [0.1, 0.15) is 13.3 Å². The van der Waals surface area contributed by atoms with E-state index in [1.165, 1.54) is 0 Å². The highest BCUT2D eigenvalue weighted by molar-refractivity contribution is 4.90. The summed E-state index contributed by atoms with van der Waals surface area (Å²) in [6.07, 6.45) is -13.3. The van der Waals surface area contributed by atoms with Crippen LogP contribution in [-0.4, -0.2) is 109 Å². The van der Waals surface area contributed by atoms with Crippen LogP contribution in [0.25, 0.3) is 0 Å². The molecule has 0 aliphatic carbocycles. The zero-order valence-electron chi connectivity index (χ0n) is 12.7. The van der Waals surface area contributed by atoms with Gasteiger partial charge in [0, 0.05) is 0 Å². The van der Waals surface area contributed by atoms with E-state index >= 15 is 0 Å². The second-order valence-electron chi connectivity index (χ2n) is 5.51. The Morgan fingerprint density at radius 2 is 1.57 bits per heavy atom. The van der Waals surface area contributed by atoms with E-state index in [0.29, 0.717) is 0 Å². The quantitative estimate of drug-likeness (QED) is 0.215. The normalized spacial score (nSPS) is 37.2. The van der Waals surface area contributed by atoms with E-state index in [1.807, 2.05) is 0 Å². The SMILES string of the molecule is CC[C@H](O[C@H]1O[C@H](CO)[C@@H](O)[C@H](O)[C@H]1O)[C@@H](O)[C@H](O)[C@H](O)CO. The molecule has 8 N–H and O–H groups in total. The summed E-state index contributed by atoms with van der Waals surface area (Å²) in [5.74, 6) is 0. The molecule has 1 aliphatic heterocycles. The molecule has 1 rings (SSSR count). The van der Waals surface area contributed by atoms with Gasteiger partial charge in [0.15, 0.2) is 6.29 Å². The Morgan fingerprint density at radius 1 is 0.957 bits per heavy atom. The minimum atomic E-state index is -1.70. The number of aliphatic hydroxyl groups is 8. The van der Waals surface area contributed by atoms with Gasteiger partial charge in [-0.3, -0.25) is 0 Å². The first-order chi connectivity index (χ1) is 10.8. The maximum atomic E-state index is 9.99. The van der Waals surface area contributed by atoms with E-state index in [4.69, 9.17) is 19.7 Å². The Morgan fingerprint density at radius 3 is 2.04 bits per heavy atom. The van der Waals surface area contributed by atoms with Gasteiger partial charge < -0.3 is 50.3 Å². The topological polar surface area (TPSA) is 180 Å². The van der Waals surface area contributed by atoms with Gasteiger partial charge in [-0.2, -0.15) is 0 Å². The lowest BCUT2D eigenvalue weighted by molar-refractivity contribution is -0.320. The first-order valence-electron chi connectivity index (χ1n) is 7.39. The molecule has 0 aromatic heterocycles. The van der Waals surface area contributed by atoms with Crippen molar-refractivity contribution in [2.75, 3.05) is 13.2 Å². The number of ether oxygens (including phenoxy) is 2. The Kier molecular flexibility index (Phi) is 8.24. The highest BCUT2D eigenvalue weighted by Gasteiger charge is 2.45. The average Bonchev–Trinajstić information content (AvgIpc) is 2.57. The van der Waals surface area contributed by atoms with Crippen LogP contribution in [0.3, 0.4) is 0 Å². The monoisotopic (exact) mass is 342 g/mol. The Bertz CT molecular complexity index is 341. The molecule has 0 aromatic rings. The van der Waals surface area contributed by atoms with Crippen molar-refractivity contribution in [3.63, 3.8) is 0 Å². The van der Waals surface area contributed by atoms with Gasteiger partial charge in [0.2, 0.25) is 0 Å². The fraction of sp³-hybridized carbons (Fsp3) is 1.00. The maximum Gasteiger partial charge on any atom is 0.187 e. The lowest BCUT2D eigenvalue weighted by Gasteiger charge is -2.41. The Labute approximate surface area is 133 Å². The molecule has 23 heavy (non-hydrogen) atoms. The standard InChI is InChI=1S/C13H26O10/c1-2-6(9(18)8(17)5(16)3-14)22-13-12(21)11(20)10(19)7(4-15)23-13/h5-21H,2-4H2,1H3/t5-,6+,7-,8-,9-,10-,11+,12-,13+/m1/s1. The smallest absolute Gasteiger partial charge is 0.187 e. The average molecular weight is 342 g/mol. The minimum absolute atomic E-state index is 0.144. The molecule has 1 fully saturated rings. The van der Waals surface area contributed by atoms with Crippen LogP contribution < -0.4 is 0 Å². The first-order valence-corrected chi connectivity index (χ1v) is 7.39. The van der Waals surface area contributed by atoms with E-state index in [0.717, 1.165) is 0 Å². The van der Waals surface area contributed by atoms with E-state index in [1.54, 1.807) is 6.92 Å². The minimum Gasteiger partial charge on any atom is -0.394 e. The molecule has 138 valence electrons. The summed E-state index contributed by atoms with van der Waals surface area (Å²) in [7, 11) is 0. The van der Waals surface area contributed by atoms with Gasteiger partial charge in [0.05, 0.1) is 19.3 Å². The van der Waals surface area contributed by atoms with Gasteiger partial charge in [0.25, 0.3) is 0 Å². The lowest BCUT2D eigenvalue weighted by Crippen LogP contribution is -2.60. The molecular formula is C13H26O10. The Hall–Kier alpha value is -0.400. The molecule has 0 radical (unpaired) electrons. The third-order valence-corrected chi connectivity index (χ3v) is 3.87. The van der Waals surface area contributed by atoms with Crippen molar-refractivity contribution >= 4 is 0 Å². The van der Waals surface area contributed by atoms with Crippen molar-refractivity contribution in [2.45, 2.75) is 68.5 Å². The van der Waals surface area contributed by atoms with Crippen LogP contribution in [-0.2, 0) is 9.47 Å². The van der Waals surface area contributed by atoms with Crippen molar-refractivity contribution in [1.82, 2.24) is 0 Å². The number of aliphatic hydroxyl groups excluding tert-OH is 8. The van der Waals surface area contributed by atoms with E-state index in [9.17, 15) is 30.6 Å². The van der Waals surface area contributed by atoms with Crippen LogP contribution in [0.5, 0.6) is 0 Å². The first kappa shape index (κ1) is 20.6. The van der Waals surface area contributed by atoms with Crippen LogP contribution >= 0.6 is 0 Å². The summed E-state index contributed by atoms with van der Waals surface area (Å²) in [6, 6.07) is 0. The predicted molar refractivity (Wildman–Crippen MR) is 74.0 cm³/mol. The molecule has 10 heteroatoms. The van der Waals surface area contributed by atoms with Crippen molar-refractivity contribution < 1.29 is 50.3 Å². The second kappa shape index (κ2) is 9.18. The van der Waals surface area contributed by atoms with Gasteiger partial charge in [-0.1, -0.05) is 6.92 Å². The molecule has 0 saturated carbocycles. The fourth-order valence-electron chi connectivity index (χ4n) is 2.33. The highest BCUT2D eigenvalue weighted by Crippen LogP contribution is 2.25. The fourth-order valence-corrected chi connectivity index (χ4v) is 2.33. The molecule has 0 bridgehead atoms. The van der Waals surface area contributed by atoms with Crippen LogP contribution in [0.4, 0.5) is 0 Å². The number of hydrogen-bond donors (Lipinski definition) is 8. The second-order valence-corrected chi connectivity index (χ2v) is 5.51. The van der Waals surface area contributed by atoms with Crippen molar-refractivity contribution in [3.8, 4) is 0 Å². The molecule has 0 unspecified atom stereocenters. The Balaban J connectivity index is 2.77. The van der Waals surface area contributed by atoms with E-state index < -0.39 is 68.3 Å². The molecule has 10 nitrogen and oxygen atoms in total. The summed E-state index contributed by atoms with van der Waals surface area (Å²) < 4.78 is 10.5. The van der Waals surface area contributed by atoms with Gasteiger partial charge in [-0.05, 0) is 6.42 Å². The highest BCUT2D eigenvalue weighted by atomic mass is 16.7. The summed E-state index contributed by atoms with van der Waals surface area (Å²) in [5, 5.41) is 76.1. The van der Waals surface area contributed by atoms with Crippen molar-refractivity contribution in [2.24, 2.45) is 0 Å². The van der Waals surface area contributed by atoms with Crippen molar-refractivity contribution in [1.29, 1.82) is 0 Å². The molecule has 1 aliphatic rings. The number of rotatable bonds is 8. The summed E-state index contributed by atoms with van der Waals surface area (Å²) in [4.78, 5) is 0. The predicted octanol–water partition coefficient (Wildman–Crippen LogP) is -4.34. The van der Waals surface area contributed by atoms with E-state index in [-0.39, 0.29) is 6.42 Å². The molecule has 0 spiro atoms. The largest absolute Gasteiger partial charge is 0.394 e. The van der Waals surface area contributed by atoms with Gasteiger partial charge in [-0.25, -0.2) is 0 Å². The zero-order valence-corrected chi connectivity index (χ0v) is 12.7. The molecule has 9 atom stereocenters. The molecule has 0 amide bonds. The van der Waals surface area contributed by atoms with Gasteiger partial charge in [0.1, 0.15) is 42.7 Å². The third kappa shape index (κ3) is 4.79. The molecule has 1 heterocycles. The zero-order chi connectivity index (χ0) is 17.7. The third-order valence-electron chi connectivity index (χ3n) is 3.87. The summed E-state index contributed by atoms with van der Waals surface area (Å²) in [5.41, 5.74) is 0. The van der Waals surface area contributed by atoms with Crippen molar-refractivity contribution in [3.05, 3.63) is 0 Å². The van der Waals surface area contributed by atoms with Gasteiger partial charge >= 0.3 is 0 Å². The summed E-state index contributed by atoms with van der Waals surface area (Å²) >= 11 is 0. The van der Waals surface area contributed by atoms with Crippen LogP contribution in [0, 0.1) is 0 Å². The number of hydrogen-bond acceptors (Lipinski definition) is 10. The molecule has 1 saturated heterocycles. The van der Waals surface area contributed by atoms with Crippen LogP contribution in [0.15, 0.2) is 0 Å². The molecule has 0 aromatic carbocycles. The lowest BCUT2D eigenvalue weighted by atomic mass is 9.98. The van der Waals surface area contributed by atoms with Crippen LogP contribution in [0.2, 0.25) is 0 Å². The summed E-state index contributed by atoms with van der Waals surface area (Å²) in [6.45, 7) is 0.195. The van der Waals surface area contributed by atoms with Gasteiger partial charge in [-0.15, -0.1) is 0 Å². The van der Waals surface area contributed by atoms with E-state index in [2.05, 4.69) is 0 Å².